The van der Waals surface area contributed by atoms with E-state index in [1.54, 1.807) is 21.7 Å². The smallest absolute Gasteiger partial charge is 0.274 e. The van der Waals surface area contributed by atoms with Gasteiger partial charge in [-0.1, -0.05) is 0 Å². The molecule has 1 saturated heterocycles. The van der Waals surface area contributed by atoms with Crippen LogP contribution in [-0.4, -0.2) is 69.8 Å². The number of aryl methyl sites for hydroxylation is 1. The van der Waals surface area contributed by atoms with E-state index in [9.17, 15) is 9.59 Å². The summed E-state index contributed by atoms with van der Waals surface area (Å²) in [6.45, 7) is 4.56. The highest BCUT2D eigenvalue weighted by Gasteiger charge is 2.26. The van der Waals surface area contributed by atoms with E-state index >= 15 is 0 Å². The van der Waals surface area contributed by atoms with E-state index in [-0.39, 0.29) is 18.4 Å². The van der Waals surface area contributed by atoms with Crippen LogP contribution in [-0.2, 0) is 11.3 Å². The van der Waals surface area contributed by atoms with E-state index in [1.807, 2.05) is 19.1 Å². The van der Waals surface area contributed by atoms with Crippen LogP contribution in [0.15, 0.2) is 30.5 Å². The summed E-state index contributed by atoms with van der Waals surface area (Å²) in [5, 5.41) is 14.0. The van der Waals surface area contributed by atoms with Gasteiger partial charge in [0.15, 0.2) is 11.5 Å². The quantitative estimate of drug-likeness (QED) is 0.622. The number of anilines is 1. The molecule has 166 valence electrons. The summed E-state index contributed by atoms with van der Waals surface area (Å²) in [6, 6.07) is 7.09. The molecule has 2 aliphatic rings. The second-order valence-corrected chi connectivity index (χ2v) is 7.32. The molecule has 2 aromatic heterocycles. The second kappa shape index (κ2) is 8.35. The number of fused-ring (bicyclic) bond motifs is 1. The minimum atomic E-state index is -0.420. The summed E-state index contributed by atoms with van der Waals surface area (Å²) in [5.74, 6) is 0.701. The molecule has 2 aliphatic heterocycles. The SMILES string of the molecule is CCn1ncc(NC(=O)c2cc(-c3ccc4c(c3)OCO4)n[nH]2)c1C(=O)N1CCOCC1. The Morgan fingerprint density at radius 3 is 2.78 bits per heavy atom. The molecular weight excluding hydrogens is 416 g/mol. The largest absolute Gasteiger partial charge is 0.454 e. The van der Waals surface area contributed by atoms with Gasteiger partial charge in [-0.2, -0.15) is 10.2 Å². The molecule has 3 aromatic rings. The Kier molecular flexibility index (Phi) is 5.23. The molecule has 4 heterocycles. The number of carbonyl (C=O) groups excluding carboxylic acids is 2. The number of rotatable bonds is 5. The second-order valence-electron chi connectivity index (χ2n) is 7.32. The van der Waals surface area contributed by atoms with E-state index in [0.29, 0.717) is 61.4 Å². The number of nitrogens with zero attached hydrogens (tertiary/aromatic N) is 4. The van der Waals surface area contributed by atoms with Gasteiger partial charge in [0.25, 0.3) is 11.8 Å². The molecule has 1 aromatic carbocycles. The van der Waals surface area contributed by atoms with Crippen LogP contribution in [0.5, 0.6) is 11.5 Å². The molecule has 0 atom stereocenters. The Morgan fingerprint density at radius 1 is 1.16 bits per heavy atom. The zero-order valence-corrected chi connectivity index (χ0v) is 17.5. The van der Waals surface area contributed by atoms with E-state index in [0.717, 1.165) is 5.56 Å². The van der Waals surface area contributed by atoms with Crippen LogP contribution in [0.3, 0.4) is 0 Å². The van der Waals surface area contributed by atoms with Crippen molar-refractivity contribution < 1.29 is 23.8 Å². The molecule has 0 saturated carbocycles. The highest BCUT2D eigenvalue weighted by molar-refractivity contribution is 6.07. The van der Waals surface area contributed by atoms with Crippen LogP contribution < -0.4 is 14.8 Å². The van der Waals surface area contributed by atoms with Gasteiger partial charge in [0.2, 0.25) is 6.79 Å². The van der Waals surface area contributed by atoms with Crippen LogP contribution in [0.4, 0.5) is 5.69 Å². The molecule has 32 heavy (non-hydrogen) atoms. The first kappa shape index (κ1) is 20.1. The summed E-state index contributed by atoms with van der Waals surface area (Å²) in [5.41, 5.74) is 2.33. The molecule has 11 nitrogen and oxygen atoms in total. The van der Waals surface area contributed by atoms with Crippen LogP contribution in [0.2, 0.25) is 0 Å². The minimum absolute atomic E-state index is 0.184. The molecule has 2 N–H and O–H groups in total. The molecule has 1 fully saturated rings. The molecule has 11 heteroatoms. The van der Waals surface area contributed by atoms with Gasteiger partial charge in [0.05, 0.1) is 30.8 Å². The Bertz CT molecular complexity index is 1160. The van der Waals surface area contributed by atoms with Gasteiger partial charge in [-0.3, -0.25) is 19.4 Å². The third-order valence-corrected chi connectivity index (χ3v) is 5.38. The third kappa shape index (κ3) is 3.66. The van der Waals surface area contributed by atoms with Gasteiger partial charge < -0.3 is 24.4 Å². The fourth-order valence-corrected chi connectivity index (χ4v) is 3.69. The molecular formula is C21H22N6O5. The maximum Gasteiger partial charge on any atom is 0.274 e. The Balaban J connectivity index is 1.35. The van der Waals surface area contributed by atoms with Crippen LogP contribution in [0.1, 0.15) is 27.9 Å². The van der Waals surface area contributed by atoms with Crippen molar-refractivity contribution in [2.75, 3.05) is 38.4 Å². The van der Waals surface area contributed by atoms with Crippen molar-refractivity contribution in [3.05, 3.63) is 41.9 Å². The van der Waals surface area contributed by atoms with Crippen molar-refractivity contribution in [2.24, 2.45) is 0 Å². The zero-order valence-electron chi connectivity index (χ0n) is 17.5. The summed E-state index contributed by atoms with van der Waals surface area (Å²) in [4.78, 5) is 27.7. The molecule has 0 unspecified atom stereocenters. The van der Waals surface area contributed by atoms with E-state index in [2.05, 4.69) is 20.6 Å². The fraction of sp³-hybridized carbons (Fsp3) is 0.333. The van der Waals surface area contributed by atoms with E-state index in [1.165, 1.54) is 6.20 Å². The van der Waals surface area contributed by atoms with Gasteiger partial charge >= 0.3 is 0 Å². The van der Waals surface area contributed by atoms with E-state index < -0.39 is 5.91 Å². The number of H-pyrrole nitrogens is 1. The molecule has 2 amide bonds. The number of hydrogen-bond donors (Lipinski definition) is 2. The lowest BCUT2D eigenvalue weighted by Gasteiger charge is -2.27. The summed E-state index contributed by atoms with van der Waals surface area (Å²) in [7, 11) is 0. The minimum Gasteiger partial charge on any atom is -0.454 e. The van der Waals surface area contributed by atoms with Gasteiger partial charge in [0.1, 0.15) is 11.4 Å². The Labute approximate surface area is 183 Å². The lowest BCUT2D eigenvalue weighted by molar-refractivity contribution is 0.0295. The number of aromatic amines is 1. The van der Waals surface area contributed by atoms with Gasteiger partial charge in [-0.15, -0.1) is 0 Å². The predicted octanol–water partition coefficient (Wildman–Crippen LogP) is 1.75. The number of carbonyl (C=O) groups is 2. The van der Waals surface area contributed by atoms with Gasteiger partial charge in [0, 0.05) is 25.2 Å². The normalized spacial score (nSPS) is 15.1. The lowest BCUT2D eigenvalue weighted by atomic mass is 10.1. The average molecular weight is 438 g/mol. The first-order chi connectivity index (χ1) is 15.6. The molecule has 0 aliphatic carbocycles. The first-order valence-electron chi connectivity index (χ1n) is 10.3. The fourth-order valence-electron chi connectivity index (χ4n) is 3.69. The maximum absolute atomic E-state index is 13.1. The number of benzene rings is 1. The number of ether oxygens (including phenoxy) is 3. The summed E-state index contributed by atoms with van der Waals surface area (Å²) in [6.07, 6.45) is 1.49. The van der Waals surface area contributed by atoms with Crippen molar-refractivity contribution in [2.45, 2.75) is 13.5 Å². The van der Waals surface area contributed by atoms with Crippen molar-refractivity contribution in [1.82, 2.24) is 24.9 Å². The van der Waals surface area contributed by atoms with Crippen LogP contribution >= 0.6 is 0 Å². The third-order valence-electron chi connectivity index (χ3n) is 5.38. The van der Waals surface area contributed by atoms with Gasteiger partial charge in [-0.05, 0) is 31.2 Å². The summed E-state index contributed by atoms with van der Waals surface area (Å²) < 4.78 is 17.6. The standard InChI is InChI=1S/C21H22N6O5/c1-2-27-19(21(29)26-5-7-30-8-6-26)16(11-22-27)23-20(28)15-10-14(24-25-15)13-3-4-17-18(9-13)32-12-31-17/h3-4,9-11H,2,5-8,12H2,1H3,(H,23,28)(H,24,25). The highest BCUT2D eigenvalue weighted by atomic mass is 16.7. The molecule has 5 rings (SSSR count). The number of aromatic nitrogens is 4. The van der Waals surface area contributed by atoms with Crippen molar-refractivity contribution in [3.8, 4) is 22.8 Å². The van der Waals surface area contributed by atoms with Crippen molar-refractivity contribution in [1.29, 1.82) is 0 Å². The first-order valence-corrected chi connectivity index (χ1v) is 10.3. The highest BCUT2D eigenvalue weighted by Crippen LogP contribution is 2.35. The molecule has 0 spiro atoms. The van der Waals surface area contributed by atoms with Crippen LogP contribution in [0.25, 0.3) is 11.3 Å². The van der Waals surface area contributed by atoms with Crippen molar-refractivity contribution in [3.63, 3.8) is 0 Å². The topological polar surface area (TPSA) is 124 Å². The predicted molar refractivity (Wildman–Crippen MR) is 113 cm³/mol. The number of hydrogen-bond acceptors (Lipinski definition) is 7. The summed E-state index contributed by atoms with van der Waals surface area (Å²) >= 11 is 0. The molecule has 0 radical (unpaired) electrons. The van der Waals surface area contributed by atoms with Gasteiger partial charge in [-0.25, -0.2) is 0 Å². The van der Waals surface area contributed by atoms with E-state index in [4.69, 9.17) is 14.2 Å². The lowest BCUT2D eigenvalue weighted by Crippen LogP contribution is -2.41. The number of morpholine rings is 1. The monoisotopic (exact) mass is 438 g/mol. The van der Waals surface area contributed by atoms with Crippen molar-refractivity contribution >= 4 is 17.5 Å². The zero-order chi connectivity index (χ0) is 22.1. The van der Waals surface area contributed by atoms with Crippen LogP contribution in [0, 0.1) is 0 Å². The Morgan fingerprint density at radius 2 is 1.97 bits per heavy atom. The Hall–Kier alpha value is -3.86. The number of nitrogens with one attached hydrogen (secondary N) is 2. The number of amides is 2. The average Bonchev–Trinajstić information content (AvgIpc) is 3.57. The molecule has 0 bridgehead atoms. The maximum atomic E-state index is 13.1.